The topological polar surface area (TPSA) is 24.5 Å². The molecule has 0 radical (unpaired) electrons. The minimum atomic E-state index is 0.826. The number of thiophene rings is 1. The van der Waals surface area contributed by atoms with E-state index in [9.17, 15) is 0 Å². The van der Waals surface area contributed by atoms with Crippen LogP contribution in [0.1, 0.15) is 4.88 Å². The van der Waals surface area contributed by atoms with Crippen LogP contribution in [-0.2, 0) is 11.3 Å². The van der Waals surface area contributed by atoms with E-state index in [1.54, 1.807) is 0 Å². The smallest absolute Gasteiger partial charge is 0.0608 e. The Morgan fingerprint density at radius 3 is 2.63 bits per heavy atom. The second kappa shape index (κ2) is 6.30. The van der Waals surface area contributed by atoms with Gasteiger partial charge in [0.05, 0.1) is 13.2 Å². The lowest BCUT2D eigenvalue weighted by Crippen LogP contribution is -2.45. The molecule has 1 aliphatic rings. The summed E-state index contributed by atoms with van der Waals surface area (Å²) in [5.41, 5.74) is 4.76. The molecule has 0 saturated carbocycles. The van der Waals surface area contributed by atoms with Crippen LogP contribution in [0.25, 0.3) is 10.4 Å². The number of ether oxygens (including phenoxy) is 1. The Balaban J connectivity index is 1.59. The molecule has 0 aliphatic carbocycles. The van der Waals surface area contributed by atoms with E-state index < -0.39 is 0 Å². The Bertz CT molecular complexity index is 506. The number of nitrogens with zero attached hydrogens (tertiary/aromatic N) is 1. The number of morpholine rings is 1. The third-order valence-corrected chi connectivity index (χ3v) is 4.34. The Morgan fingerprint density at radius 2 is 1.84 bits per heavy atom. The maximum atomic E-state index is 5.33. The van der Waals surface area contributed by atoms with Gasteiger partial charge < -0.3 is 4.74 Å². The van der Waals surface area contributed by atoms with Gasteiger partial charge in [-0.1, -0.05) is 30.3 Å². The van der Waals surface area contributed by atoms with Crippen LogP contribution in [0.4, 0.5) is 0 Å². The van der Waals surface area contributed by atoms with Crippen molar-refractivity contribution < 1.29 is 4.74 Å². The molecule has 0 bridgehead atoms. The van der Waals surface area contributed by atoms with Crippen LogP contribution in [0, 0.1) is 0 Å². The Morgan fingerprint density at radius 1 is 1.05 bits per heavy atom. The lowest BCUT2D eigenvalue weighted by molar-refractivity contribution is 0.0107. The quantitative estimate of drug-likeness (QED) is 0.928. The SMILES string of the molecule is c1ccc(-c2ccc(CNN3CCOCC3)s2)cc1. The van der Waals surface area contributed by atoms with Gasteiger partial charge in [-0.2, -0.15) is 0 Å². The zero-order valence-corrected chi connectivity index (χ0v) is 11.7. The monoisotopic (exact) mass is 274 g/mol. The van der Waals surface area contributed by atoms with Crippen molar-refractivity contribution in [1.29, 1.82) is 0 Å². The number of hydrogen-bond donors (Lipinski definition) is 1. The lowest BCUT2D eigenvalue weighted by atomic mass is 10.2. The second-order valence-corrected chi connectivity index (χ2v) is 5.73. The highest BCUT2D eigenvalue weighted by molar-refractivity contribution is 7.15. The van der Waals surface area contributed by atoms with Gasteiger partial charge >= 0.3 is 0 Å². The van der Waals surface area contributed by atoms with Crippen molar-refractivity contribution in [2.45, 2.75) is 6.54 Å². The van der Waals surface area contributed by atoms with Gasteiger partial charge in [-0.15, -0.1) is 11.3 Å². The van der Waals surface area contributed by atoms with Crippen molar-refractivity contribution in [3.05, 3.63) is 47.3 Å². The van der Waals surface area contributed by atoms with Gasteiger partial charge in [0.1, 0.15) is 0 Å². The van der Waals surface area contributed by atoms with Gasteiger partial charge in [0.2, 0.25) is 0 Å². The molecular weight excluding hydrogens is 256 g/mol. The van der Waals surface area contributed by atoms with Gasteiger partial charge in [0.25, 0.3) is 0 Å². The van der Waals surface area contributed by atoms with E-state index in [4.69, 9.17) is 4.74 Å². The van der Waals surface area contributed by atoms with E-state index in [1.165, 1.54) is 15.3 Å². The maximum absolute atomic E-state index is 5.33. The Hall–Kier alpha value is -1.20. The molecule has 100 valence electrons. The van der Waals surface area contributed by atoms with Gasteiger partial charge in [0, 0.05) is 29.4 Å². The lowest BCUT2D eigenvalue weighted by Gasteiger charge is -2.26. The van der Waals surface area contributed by atoms with Crippen LogP contribution in [-0.4, -0.2) is 31.3 Å². The first kappa shape index (κ1) is 12.8. The summed E-state index contributed by atoms with van der Waals surface area (Å²) in [6.07, 6.45) is 0. The average molecular weight is 274 g/mol. The second-order valence-electron chi connectivity index (χ2n) is 4.57. The molecule has 0 amide bonds. The zero-order valence-electron chi connectivity index (χ0n) is 10.8. The summed E-state index contributed by atoms with van der Waals surface area (Å²) in [4.78, 5) is 2.70. The van der Waals surface area contributed by atoms with Crippen LogP contribution < -0.4 is 5.43 Å². The van der Waals surface area contributed by atoms with Crippen molar-refractivity contribution >= 4 is 11.3 Å². The van der Waals surface area contributed by atoms with E-state index in [0.29, 0.717) is 0 Å². The van der Waals surface area contributed by atoms with E-state index in [2.05, 4.69) is 52.9 Å². The molecule has 19 heavy (non-hydrogen) atoms. The van der Waals surface area contributed by atoms with Crippen LogP contribution >= 0.6 is 11.3 Å². The highest BCUT2D eigenvalue weighted by atomic mass is 32.1. The highest BCUT2D eigenvalue weighted by Crippen LogP contribution is 2.27. The van der Waals surface area contributed by atoms with Crippen molar-refractivity contribution in [1.82, 2.24) is 10.4 Å². The summed E-state index contributed by atoms with van der Waals surface area (Å²) in [6.45, 7) is 4.49. The first-order valence-corrected chi connectivity index (χ1v) is 7.44. The molecule has 3 nitrogen and oxygen atoms in total. The van der Waals surface area contributed by atoms with Gasteiger partial charge in [0.15, 0.2) is 0 Å². The summed E-state index contributed by atoms with van der Waals surface area (Å²) in [6, 6.07) is 15.0. The first-order chi connectivity index (χ1) is 9.42. The van der Waals surface area contributed by atoms with Crippen molar-refractivity contribution in [2.24, 2.45) is 0 Å². The fourth-order valence-corrected chi connectivity index (χ4v) is 3.09. The van der Waals surface area contributed by atoms with E-state index >= 15 is 0 Å². The van der Waals surface area contributed by atoms with Crippen molar-refractivity contribution in [3.63, 3.8) is 0 Å². The third kappa shape index (κ3) is 3.42. The summed E-state index contributed by atoms with van der Waals surface area (Å²) in [5, 5.41) is 2.24. The number of rotatable bonds is 4. The third-order valence-electron chi connectivity index (χ3n) is 3.21. The summed E-state index contributed by atoms with van der Waals surface area (Å²) in [5.74, 6) is 0. The van der Waals surface area contributed by atoms with Gasteiger partial charge in [-0.05, 0) is 17.7 Å². The van der Waals surface area contributed by atoms with E-state index in [0.717, 1.165) is 32.8 Å². The molecule has 3 rings (SSSR count). The minimum absolute atomic E-state index is 0.826. The number of benzene rings is 1. The van der Waals surface area contributed by atoms with Crippen LogP contribution in [0.5, 0.6) is 0 Å². The number of nitrogens with one attached hydrogen (secondary N) is 1. The Kier molecular flexibility index (Phi) is 4.25. The van der Waals surface area contributed by atoms with Crippen LogP contribution in [0.15, 0.2) is 42.5 Å². The molecule has 4 heteroatoms. The van der Waals surface area contributed by atoms with E-state index in [1.807, 2.05) is 11.3 Å². The van der Waals surface area contributed by atoms with Gasteiger partial charge in [-0.3, -0.25) is 0 Å². The van der Waals surface area contributed by atoms with Crippen LogP contribution in [0.3, 0.4) is 0 Å². The fraction of sp³-hybridized carbons (Fsp3) is 0.333. The molecule has 1 saturated heterocycles. The molecule has 1 aliphatic heterocycles. The summed E-state index contributed by atoms with van der Waals surface area (Å²) in [7, 11) is 0. The molecule has 0 atom stereocenters. The molecular formula is C15H18N2OS. The van der Waals surface area contributed by atoms with Crippen molar-refractivity contribution in [3.8, 4) is 10.4 Å². The molecule has 0 spiro atoms. The molecule has 2 heterocycles. The highest BCUT2D eigenvalue weighted by Gasteiger charge is 2.10. The van der Waals surface area contributed by atoms with Gasteiger partial charge in [-0.25, -0.2) is 10.4 Å². The predicted molar refractivity (Wildman–Crippen MR) is 79.0 cm³/mol. The zero-order chi connectivity index (χ0) is 12.9. The fourth-order valence-electron chi connectivity index (χ4n) is 2.14. The molecule has 0 unspecified atom stereocenters. The van der Waals surface area contributed by atoms with Crippen LogP contribution in [0.2, 0.25) is 0 Å². The molecule has 1 fully saturated rings. The average Bonchev–Trinajstić information content (AvgIpc) is 2.96. The maximum Gasteiger partial charge on any atom is 0.0608 e. The molecule has 2 aromatic rings. The summed E-state index contributed by atoms with van der Waals surface area (Å²) >= 11 is 1.85. The van der Waals surface area contributed by atoms with Crippen molar-refractivity contribution in [2.75, 3.05) is 26.3 Å². The molecule has 1 aromatic heterocycles. The predicted octanol–water partition coefficient (Wildman–Crippen LogP) is 2.75. The Labute approximate surface area is 117 Å². The minimum Gasteiger partial charge on any atom is -0.379 e. The number of hydrazine groups is 1. The standard InChI is InChI=1S/C15H18N2OS/c1-2-4-13(5-3-1)15-7-6-14(19-15)12-16-17-8-10-18-11-9-17/h1-7,16H,8-12H2. The largest absolute Gasteiger partial charge is 0.379 e. The first-order valence-electron chi connectivity index (χ1n) is 6.62. The summed E-state index contributed by atoms with van der Waals surface area (Å²) < 4.78 is 5.33. The normalized spacial score (nSPS) is 16.6. The molecule has 1 aromatic carbocycles. The molecule has 1 N–H and O–H groups in total. The van der Waals surface area contributed by atoms with E-state index in [-0.39, 0.29) is 0 Å². The number of hydrogen-bond acceptors (Lipinski definition) is 4.